The number of amides is 1. The van der Waals surface area contributed by atoms with E-state index in [0.717, 1.165) is 62.0 Å². The molecule has 2 aliphatic heterocycles. The van der Waals surface area contributed by atoms with Crippen molar-refractivity contribution in [3.05, 3.63) is 53.3 Å². The minimum atomic E-state index is -0.000605. The standard InChI is InChI=1S/C20H23N3O2/c24-19(15-7-2-1-3-8-15)13-16-9-6-11-22(16)20(25)17-14-21-23-12-5-4-10-18(17)23/h1-3,7-8,14,16H,4-6,9-13H2/t16-/m0/s1. The third-order valence-corrected chi connectivity index (χ3v) is 5.37. The van der Waals surface area contributed by atoms with Gasteiger partial charge in [-0.05, 0) is 32.1 Å². The van der Waals surface area contributed by atoms with E-state index in [-0.39, 0.29) is 17.7 Å². The Morgan fingerprint density at radius 2 is 1.92 bits per heavy atom. The lowest BCUT2D eigenvalue weighted by Gasteiger charge is -2.25. The molecule has 1 aromatic heterocycles. The quantitative estimate of drug-likeness (QED) is 0.806. The van der Waals surface area contributed by atoms with Crippen molar-refractivity contribution in [3.8, 4) is 0 Å². The van der Waals surface area contributed by atoms with E-state index in [9.17, 15) is 9.59 Å². The first-order chi connectivity index (χ1) is 12.2. The molecule has 2 aromatic rings. The highest BCUT2D eigenvalue weighted by Gasteiger charge is 2.33. The summed E-state index contributed by atoms with van der Waals surface area (Å²) in [5, 5.41) is 4.38. The lowest BCUT2D eigenvalue weighted by Crippen LogP contribution is -2.37. The fraction of sp³-hybridized carbons (Fsp3) is 0.450. The molecule has 0 bridgehead atoms. The summed E-state index contributed by atoms with van der Waals surface area (Å²) in [6.07, 6.45) is 7.14. The number of fused-ring (bicyclic) bond motifs is 1. The zero-order valence-corrected chi connectivity index (χ0v) is 14.4. The Morgan fingerprint density at radius 3 is 2.76 bits per heavy atom. The first kappa shape index (κ1) is 16.1. The molecule has 2 aliphatic rings. The van der Waals surface area contributed by atoms with Crippen molar-refractivity contribution in [1.82, 2.24) is 14.7 Å². The van der Waals surface area contributed by atoms with Crippen LogP contribution in [0.2, 0.25) is 0 Å². The summed E-state index contributed by atoms with van der Waals surface area (Å²) in [6.45, 7) is 1.63. The largest absolute Gasteiger partial charge is 0.335 e. The van der Waals surface area contributed by atoms with E-state index in [2.05, 4.69) is 5.10 Å². The van der Waals surface area contributed by atoms with Gasteiger partial charge in [0.1, 0.15) is 0 Å². The lowest BCUT2D eigenvalue weighted by molar-refractivity contribution is 0.0715. The average Bonchev–Trinajstić information content (AvgIpc) is 3.29. The molecule has 25 heavy (non-hydrogen) atoms. The monoisotopic (exact) mass is 337 g/mol. The van der Waals surface area contributed by atoms with Crippen LogP contribution in [0, 0.1) is 0 Å². The smallest absolute Gasteiger partial charge is 0.257 e. The molecule has 1 aromatic carbocycles. The summed E-state index contributed by atoms with van der Waals surface area (Å²) < 4.78 is 1.97. The minimum Gasteiger partial charge on any atom is -0.335 e. The second-order valence-electron chi connectivity index (χ2n) is 6.97. The Bertz CT molecular complexity index is 781. The van der Waals surface area contributed by atoms with Crippen LogP contribution in [0.5, 0.6) is 0 Å². The normalized spacial score (nSPS) is 19.7. The SMILES string of the molecule is O=C(C[C@@H]1CCCN1C(=O)c1cnn2c1CCCC2)c1ccccc1. The number of ketones is 1. The van der Waals surface area contributed by atoms with E-state index in [4.69, 9.17) is 0 Å². The topological polar surface area (TPSA) is 55.2 Å². The number of hydrogen-bond acceptors (Lipinski definition) is 3. The second kappa shape index (κ2) is 6.82. The maximum atomic E-state index is 13.1. The van der Waals surface area contributed by atoms with Crippen LogP contribution in [0.25, 0.3) is 0 Å². The highest BCUT2D eigenvalue weighted by Crippen LogP contribution is 2.26. The number of aryl methyl sites for hydroxylation is 1. The summed E-state index contributed by atoms with van der Waals surface area (Å²) in [5.41, 5.74) is 2.53. The van der Waals surface area contributed by atoms with E-state index >= 15 is 0 Å². The number of carbonyl (C=O) groups excluding carboxylic acids is 2. The Hall–Kier alpha value is -2.43. The number of rotatable bonds is 4. The van der Waals surface area contributed by atoms with Crippen molar-refractivity contribution >= 4 is 11.7 Å². The highest BCUT2D eigenvalue weighted by atomic mass is 16.2. The van der Waals surface area contributed by atoms with Gasteiger partial charge in [0.2, 0.25) is 0 Å². The van der Waals surface area contributed by atoms with Crippen molar-refractivity contribution in [2.24, 2.45) is 0 Å². The van der Waals surface area contributed by atoms with Crippen LogP contribution in [-0.4, -0.2) is 39.0 Å². The van der Waals surface area contributed by atoms with Crippen molar-refractivity contribution < 1.29 is 9.59 Å². The van der Waals surface area contributed by atoms with Crippen LogP contribution in [0.15, 0.2) is 36.5 Å². The second-order valence-corrected chi connectivity index (χ2v) is 6.97. The fourth-order valence-electron chi connectivity index (χ4n) is 4.03. The zero-order chi connectivity index (χ0) is 17.2. The van der Waals surface area contributed by atoms with Crippen molar-refractivity contribution in [2.45, 2.75) is 51.1 Å². The van der Waals surface area contributed by atoms with Crippen LogP contribution in [-0.2, 0) is 13.0 Å². The predicted molar refractivity (Wildman–Crippen MR) is 94.6 cm³/mol. The molecule has 1 saturated heterocycles. The van der Waals surface area contributed by atoms with Gasteiger partial charge in [-0.3, -0.25) is 14.3 Å². The molecule has 130 valence electrons. The van der Waals surface area contributed by atoms with Crippen molar-refractivity contribution in [2.75, 3.05) is 6.54 Å². The molecule has 1 amide bonds. The first-order valence-corrected chi connectivity index (χ1v) is 9.18. The molecular weight excluding hydrogens is 314 g/mol. The summed E-state index contributed by atoms with van der Waals surface area (Å²) in [7, 11) is 0. The Balaban J connectivity index is 1.50. The molecule has 0 N–H and O–H groups in total. The van der Waals surface area contributed by atoms with Gasteiger partial charge in [-0.2, -0.15) is 5.10 Å². The molecule has 0 unspecified atom stereocenters. The minimum absolute atomic E-state index is 0.000605. The van der Waals surface area contributed by atoms with E-state index in [1.54, 1.807) is 6.20 Å². The van der Waals surface area contributed by atoms with E-state index in [1.165, 1.54) is 0 Å². The molecular formula is C20H23N3O2. The molecule has 5 heteroatoms. The number of aromatic nitrogens is 2. The van der Waals surface area contributed by atoms with Gasteiger partial charge in [0.15, 0.2) is 5.78 Å². The lowest BCUT2D eigenvalue weighted by atomic mass is 10.0. The van der Waals surface area contributed by atoms with Gasteiger partial charge in [-0.25, -0.2) is 0 Å². The van der Waals surface area contributed by atoms with Gasteiger partial charge in [-0.1, -0.05) is 30.3 Å². The van der Waals surface area contributed by atoms with Gasteiger partial charge in [0.25, 0.3) is 5.91 Å². The Morgan fingerprint density at radius 1 is 1.08 bits per heavy atom. The molecule has 1 atom stereocenters. The maximum Gasteiger partial charge on any atom is 0.257 e. The van der Waals surface area contributed by atoms with E-state index < -0.39 is 0 Å². The van der Waals surface area contributed by atoms with Crippen molar-refractivity contribution in [1.29, 1.82) is 0 Å². The average molecular weight is 337 g/mol. The van der Waals surface area contributed by atoms with Crippen LogP contribution in [0.3, 0.4) is 0 Å². The molecule has 3 heterocycles. The van der Waals surface area contributed by atoms with E-state index in [0.29, 0.717) is 6.42 Å². The number of likely N-dealkylation sites (tertiary alicyclic amines) is 1. The molecule has 5 nitrogen and oxygen atoms in total. The molecule has 0 radical (unpaired) electrons. The fourth-order valence-corrected chi connectivity index (χ4v) is 4.03. The van der Waals surface area contributed by atoms with Crippen LogP contribution in [0.4, 0.5) is 0 Å². The van der Waals surface area contributed by atoms with E-state index in [1.807, 2.05) is 39.9 Å². The molecule has 1 fully saturated rings. The number of benzene rings is 1. The Kier molecular flexibility index (Phi) is 4.38. The van der Waals surface area contributed by atoms with Gasteiger partial charge in [0, 0.05) is 31.1 Å². The number of nitrogens with zero attached hydrogens (tertiary/aromatic N) is 3. The summed E-state index contributed by atoms with van der Waals surface area (Å²) in [6, 6.07) is 9.36. The summed E-state index contributed by atoms with van der Waals surface area (Å²) >= 11 is 0. The van der Waals surface area contributed by atoms with Gasteiger partial charge in [0.05, 0.1) is 17.5 Å². The van der Waals surface area contributed by atoms with Crippen LogP contribution in [0.1, 0.15) is 58.5 Å². The molecule has 0 saturated carbocycles. The third-order valence-electron chi connectivity index (χ3n) is 5.37. The van der Waals surface area contributed by atoms with Gasteiger partial charge in [-0.15, -0.1) is 0 Å². The number of carbonyl (C=O) groups is 2. The molecule has 4 rings (SSSR count). The summed E-state index contributed by atoms with van der Waals surface area (Å²) in [5.74, 6) is 0.161. The predicted octanol–water partition coefficient (Wildman–Crippen LogP) is 3.10. The summed E-state index contributed by atoms with van der Waals surface area (Å²) in [4.78, 5) is 27.5. The number of hydrogen-bond donors (Lipinski definition) is 0. The molecule has 0 spiro atoms. The zero-order valence-electron chi connectivity index (χ0n) is 14.4. The van der Waals surface area contributed by atoms with Crippen LogP contribution >= 0.6 is 0 Å². The first-order valence-electron chi connectivity index (χ1n) is 9.18. The van der Waals surface area contributed by atoms with Crippen molar-refractivity contribution in [3.63, 3.8) is 0 Å². The highest BCUT2D eigenvalue weighted by molar-refractivity contribution is 5.98. The van der Waals surface area contributed by atoms with Gasteiger partial charge >= 0.3 is 0 Å². The third kappa shape index (κ3) is 3.11. The maximum absolute atomic E-state index is 13.1. The van der Waals surface area contributed by atoms with Gasteiger partial charge < -0.3 is 4.90 Å². The van der Waals surface area contributed by atoms with Crippen LogP contribution < -0.4 is 0 Å². The molecule has 0 aliphatic carbocycles. The Labute approximate surface area is 147 Å². The number of Topliss-reactive ketones (excluding diaryl/α,β-unsaturated/α-hetero) is 1.